The maximum Gasteiger partial charge on any atom is 0.283 e. The van der Waals surface area contributed by atoms with Gasteiger partial charge in [0.25, 0.3) is 5.69 Å². The predicted octanol–water partition coefficient (Wildman–Crippen LogP) is 1.64. The molecular weight excluding hydrogens is 193 g/mol. The number of halogens is 1. The zero-order valence-corrected chi connectivity index (χ0v) is 7.15. The van der Waals surface area contributed by atoms with Gasteiger partial charge in [-0.05, 0) is 13.0 Å². The van der Waals surface area contributed by atoms with Crippen molar-refractivity contribution in [2.45, 2.75) is 6.92 Å². The molecule has 0 saturated heterocycles. The Labute approximate surface area is 77.9 Å². The highest BCUT2D eigenvalue weighted by molar-refractivity contribution is 5.98. The second-order valence-electron chi connectivity index (χ2n) is 2.61. The number of nitro benzene ring substituents is 1. The summed E-state index contributed by atoms with van der Waals surface area (Å²) < 4.78 is 13.1. The van der Waals surface area contributed by atoms with Gasteiger partial charge in [-0.15, -0.1) is 0 Å². The van der Waals surface area contributed by atoms with Gasteiger partial charge in [-0.1, -0.05) is 0 Å². The number of ketones is 1. The van der Waals surface area contributed by atoms with Gasteiger partial charge in [0.2, 0.25) is 0 Å². The van der Waals surface area contributed by atoms with Crippen molar-refractivity contribution in [1.29, 1.82) is 0 Å². The molecular formula is C8H6FNO4. The summed E-state index contributed by atoms with van der Waals surface area (Å²) in [5, 5.41) is 19.3. The van der Waals surface area contributed by atoms with Crippen molar-refractivity contribution in [2.75, 3.05) is 0 Å². The first-order valence-corrected chi connectivity index (χ1v) is 3.62. The zero-order valence-electron chi connectivity index (χ0n) is 7.15. The van der Waals surface area contributed by atoms with Crippen LogP contribution in [0.2, 0.25) is 0 Å². The lowest BCUT2D eigenvalue weighted by atomic mass is 10.1. The van der Waals surface area contributed by atoms with Gasteiger partial charge in [0.1, 0.15) is 5.56 Å². The lowest BCUT2D eigenvalue weighted by Crippen LogP contribution is -2.03. The van der Waals surface area contributed by atoms with Crippen molar-refractivity contribution in [2.24, 2.45) is 0 Å². The summed E-state index contributed by atoms with van der Waals surface area (Å²) in [6.45, 7) is 0.991. The number of aromatic hydroxyl groups is 1. The Bertz CT molecular complexity index is 416. The van der Waals surface area contributed by atoms with E-state index in [2.05, 4.69) is 0 Å². The van der Waals surface area contributed by atoms with Gasteiger partial charge in [0.05, 0.1) is 4.92 Å². The van der Waals surface area contributed by atoms with Crippen LogP contribution < -0.4 is 0 Å². The molecule has 74 valence electrons. The molecule has 0 aliphatic heterocycles. The lowest BCUT2D eigenvalue weighted by molar-refractivity contribution is -0.385. The van der Waals surface area contributed by atoms with Crippen LogP contribution in [0.1, 0.15) is 17.3 Å². The van der Waals surface area contributed by atoms with Crippen LogP contribution in [0.25, 0.3) is 0 Å². The molecule has 0 amide bonds. The van der Waals surface area contributed by atoms with E-state index in [1.54, 1.807) is 0 Å². The number of nitro groups is 1. The van der Waals surface area contributed by atoms with E-state index < -0.39 is 33.5 Å². The SMILES string of the molecule is CC(=O)c1c([N+](=O)[O-])ccc(O)c1F. The number of hydrogen-bond donors (Lipinski definition) is 1. The van der Waals surface area contributed by atoms with Gasteiger partial charge in [0.15, 0.2) is 17.3 Å². The number of Topliss-reactive ketones (excluding diaryl/α,β-unsaturated/α-hetero) is 1. The Kier molecular flexibility index (Phi) is 2.46. The fourth-order valence-corrected chi connectivity index (χ4v) is 1.04. The van der Waals surface area contributed by atoms with Crippen molar-refractivity contribution < 1.29 is 19.2 Å². The van der Waals surface area contributed by atoms with Crippen LogP contribution in [0.15, 0.2) is 12.1 Å². The maximum atomic E-state index is 13.1. The fraction of sp³-hybridized carbons (Fsp3) is 0.125. The number of carbonyl (C=O) groups is 1. The molecule has 1 aromatic rings. The Morgan fingerprint density at radius 3 is 2.57 bits per heavy atom. The molecule has 1 rings (SSSR count). The van der Waals surface area contributed by atoms with Crippen LogP contribution in [0, 0.1) is 15.9 Å². The van der Waals surface area contributed by atoms with Crippen molar-refractivity contribution >= 4 is 11.5 Å². The molecule has 0 aromatic heterocycles. The summed E-state index contributed by atoms with van der Waals surface area (Å²) >= 11 is 0. The molecule has 0 atom stereocenters. The Morgan fingerprint density at radius 2 is 2.14 bits per heavy atom. The number of phenols is 1. The van der Waals surface area contributed by atoms with Gasteiger partial charge in [0, 0.05) is 6.07 Å². The van der Waals surface area contributed by atoms with Crippen molar-refractivity contribution in [3.8, 4) is 5.75 Å². The average molecular weight is 199 g/mol. The molecule has 0 radical (unpaired) electrons. The van der Waals surface area contributed by atoms with Crippen LogP contribution in [-0.4, -0.2) is 15.8 Å². The monoisotopic (exact) mass is 199 g/mol. The van der Waals surface area contributed by atoms with Crippen LogP contribution in [-0.2, 0) is 0 Å². The first-order chi connectivity index (χ1) is 6.45. The van der Waals surface area contributed by atoms with Crippen molar-refractivity contribution in [3.63, 3.8) is 0 Å². The zero-order chi connectivity index (χ0) is 10.9. The fourth-order valence-electron chi connectivity index (χ4n) is 1.04. The number of carbonyl (C=O) groups excluding carboxylic acids is 1. The molecule has 14 heavy (non-hydrogen) atoms. The van der Waals surface area contributed by atoms with E-state index in [4.69, 9.17) is 5.11 Å². The third-order valence-electron chi connectivity index (χ3n) is 1.65. The molecule has 1 N–H and O–H groups in total. The molecule has 0 aliphatic rings. The van der Waals surface area contributed by atoms with E-state index in [1.807, 2.05) is 0 Å². The Morgan fingerprint density at radius 1 is 1.57 bits per heavy atom. The molecule has 1 aromatic carbocycles. The molecule has 0 spiro atoms. The summed E-state index contributed by atoms with van der Waals surface area (Å²) in [7, 11) is 0. The third-order valence-corrected chi connectivity index (χ3v) is 1.65. The molecule has 0 heterocycles. The summed E-state index contributed by atoms with van der Waals surface area (Å²) in [4.78, 5) is 20.4. The summed E-state index contributed by atoms with van der Waals surface area (Å²) in [6, 6.07) is 1.72. The van der Waals surface area contributed by atoms with Crippen LogP contribution >= 0.6 is 0 Å². The number of benzene rings is 1. The molecule has 0 bridgehead atoms. The topological polar surface area (TPSA) is 80.4 Å². The van der Waals surface area contributed by atoms with Crippen LogP contribution in [0.5, 0.6) is 5.75 Å². The van der Waals surface area contributed by atoms with E-state index in [1.165, 1.54) is 0 Å². The molecule has 0 aliphatic carbocycles. The first kappa shape index (κ1) is 10.1. The van der Waals surface area contributed by atoms with Gasteiger partial charge in [-0.3, -0.25) is 14.9 Å². The molecule has 0 saturated carbocycles. The molecule has 0 unspecified atom stereocenters. The standard InChI is InChI=1S/C8H6FNO4/c1-4(11)7-5(10(13)14)2-3-6(12)8(7)9/h2-3,12H,1H3. The average Bonchev–Trinajstić information content (AvgIpc) is 2.08. The second-order valence-corrected chi connectivity index (χ2v) is 2.61. The third kappa shape index (κ3) is 1.54. The minimum Gasteiger partial charge on any atom is -0.505 e. The van der Waals surface area contributed by atoms with E-state index in [-0.39, 0.29) is 0 Å². The largest absolute Gasteiger partial charge is 0.505 e. The maximum absolute atomic E-state index is 13.1. The lowest BCUT2D eigenvalue weighted by Gasteiger charge is -2.01. The smallest absolute Gasteiger partial charge is 0.283 e. The van der Waals surface area contributed by atoms with Crippen LogP contribution in [0.3, 0.4) is 0 Å². The molecule has 0 fully saturated rings. The summed E-state index contributed by atoms with van der Waals surface area (Å²) in [5.41, 5.74) is -1.34. The highest BCUT2D eigenvalue weighted by Crippen LogP contribution is 2.28. The highest BCUT2D eigenvalue weighted by atomic mass is 19.1. The Hall–Kier alpha value is -1.98. The van der Waals surface area contributed by atoms with Gasteiger partial charge in [-0.25, -0.2) is 4.39 Å². The predicted molar refractivity (Wildman–Crippen MR) is 44.7 cm³/mol. The van der Waals surface area contributed by atoms with Crippen molar-refractivity contribution in [3.05, 3.63) is 33.6 Å². The minimum absolute atomic E-state index is 0.646. The van der Waals surface area contributed by atoms with E-state index in [0.29, 0.717) is 0 Å². The van der Waals surface area contributed by atoms with Crippen molar-refractivity contribution in [1.82, 2.24) is 0 Å². The number of rotatable bonds is 2. The normalized spacial score (nSPS) is 9.86. The summed E-state index contributed by atoms with van der Waals surface area (Å²) in [6.07, 6.45) is 0. The van der Waals surface area contributed by atoms with Gasteiger partial charge in [-0.2, -0.15) is 0 Å². The highest BCUT2D eigenvalue weighted by Gasteiger charge is 2.24. The van der Waals surface area contributed by atoms with E-state index in [0.717, 1.165) is 19.1 Å². The quantitative estimate of drug-likeness (QED) is 0.446. The molecule has 5 nitrogen and oxygen atoms in total. The minimum atomic E-state index is -1.26. The van der Waals surface area contributed by atoms with Gasteiger partial charge < -0.3 is 5.11 Å². The summed E-state index contributed by atoms with van der Waals surface area (Å²) in [5.74, 6) is -2.84. The number of hydrogen-bond acceptors (Lipinski definition) is 4. The Balaban J connectivity index is 3.53. The molecule has 6 heteroatoms. The number of phenolic OH excluding ortho intramolecular Hbond substituents is 1. The van der Waals surface area contributed by atoms with Crippen LogP contribution in [0.4, 0.5) is 10.1 Å². The van der Waals surface area contributed by atoms with E-state index in [9.17, 15) is 19.3 Å². The van der Waals surface area contributed by atoms with E-state index >= 15 is 0 Å². The number of nitrogens with zero attached hydrogens (tertiary/aromatic N) is 1. The van der Waals surface area contributed by atoms with Gasteiger partial charge >= 0.3 is 0 Å². The second kappa shape index (κ2) is 3.41. The first-order valence-electron chi connectivity index (χ1n) is 3.62.